The molecule has 0 radical (unpaired) electrons. The van der Waals surface area contributed by atoms with Gasteiger partial charge < -0.3 is 0 Å². The summed E-state index contributed by atoms with van der Waals surface area (Å²) in [5, 5.41) is 9.97. The Balaban J connectivity index is 2.60. The normalized spacial score (nSPS) is 15.2. The maximum absolute atomic E-state index is 11.1. The molecule has 0 aromatic heterocycles. The largest absolute Gasteiger partial charge is 0.281 e. The van der Waals surface area contributed by atoms with Gasteiger partial charge in [0.2, 0.25) is 0 Å². The first-order chi connectivity index (χ1) is 5.70. The number of rotatable bonds is 0. The van der Waals surface area contributed by atoms with Crippen LogP contribution in [0.15, 0.2) is 18.2 Å². The average molecular weight is 275 g/mol. The first-order valence-electron chi connectivity index (χ1n) is 3.49. The smallest absolute Gasteiger partial charge is 0.255 e. The maximum Gasteiger partial charge on any atom is 0.255 e. The molecular formula is C8H6INO2. The number of carbonyl (C=O) groups excluding carboxylic acids is 1. The van der Waals surface area contributed by atoms with Gasteiger partial charge in [-0.3, -0.25) is 10.0 Å². The summed E-state index contributed by atoms with van der Waals surface area (Å²) in [6, 6.07) is 5.48. The lowest BCUT2D eigenvalue weighted by Gasteiger charge is -2.06. The molecule has 4 heteroatoms. The molecule has 1 aromatic carbocycles. The zero-order valence-corrected chi connectivity index (χ0v) is 8.28. The fraction of sp³-hybridized carbons (Fsp3) is 0.125. The van der Waals surface area contributed by atoms with Gasteiger partial charge in [-0.25, -0.2) is 0 Å². The van der Waals surface area contributed by atoms with Gasteiger partial charge >= 0.3 is 0 Å². The zero-order valence-electron chi connectivity index (χ0n) is 6.12. The Kier molecular flexibility index (Phi) is 1.80. The monoisotopic (exact) mass is 275 g/mol. The van der Waals surface area contributed by atoms with Crippen molar-refractivity contribution in [3.63, 3.8) is 0 Å². The van der Waals surface area contributed by atoms with Crippen molar-refractivity contribution in [3.05, 3.63) is 27.3 Å². The number of amides is 1. The quantitative estimate of drug-likeness (QED) is 0.576. The molecule has 0 unspecified atom stereocenters. The highest BCUT2D eigenvalue weighted by Crippen LogP contribution is 2.30. The predicted octanol–water partition coefficient (Wildman–Crippen LogP) is 1.57. The van der Waals surface area contributed by atoms with Crippen molar-refractivity contribution < 1.29 is 10.0 Å². The minimum absolute atomic E-state index is 0.255. The first-order valence-corrected chi connectivity index (χ1v) is 4.57. The molecule has 1 aliphatic heterocycles. The van der Waals surface area contributed by atoms with Crippen molar-refractivity contribution in [3.8, 4) is 0 Å². The summed E-state index contributed by atoms with van der Waals surface area (Å²) in [5.41, 5.74) is 1.54. The number of halogens is 1. The van der Waals surface area contributed by atoms with Gasteiger partial charge in [-0.05, 0) is 34.7 Å². The van der Waals surface area contributed by atoms with Gasteiger partial charge in [0.25, 0.3) is 5.91 Å². The zero-order chi connectivity index (χ0) is 8.72. The molecule has 0 saturated carbocycles. The Bertz CT molecular complexity index is 351. The second-order valence-electron chi connectivity index (χ2n) is 2.62. The second-order valence-corrected chi connectivity index (χ2v) is 3.78. The Morgan fingerprint density at radius 3 is 2.92 bits per heavy atom. The molecule has 0 spiro atoms. The molecule has 1 heterocycles. The summed E-state index contributed by atoms with van der Waals surface area (Å²) in [4.78, 5) is 11.1. The Hall–Kier alpha value is -0.620. The van der Waals surface area contributed by atoms with Crippen LogP contribution in [-0.2, 0) is 11.2 Å². The van der Waals surface area contributed by atoms with E-state index in [0.29, 0.717) is 12.1 Å². The van der Waals surface area contributed by atoms with Crippen LogP contribution < -0.4 is 5.06 Å². The van der Waals surface area contributed by atoms with Crippen molar-refractivity contribution in [1.82, 2.24) is 0 Å². The van der Waals surface area contributed by atoms with Crippen LogP contribution in [0.5, 0.6) is 0 Å². The fourth-order valence-electron chi connectivity index (χ4n) is 1.28. The van der Waals surface area contributed by atoms with E-state index in [1.54, 1.807) is 6.07 Å². The van der Waals surface area contributed by atoms with E-state index in [2.05, 4.69) is 22.6 Å². The number of carbonyl (C=O) groups is 1. The minimum atomic E-state index is -0.255. The van der Waals surface area contributed by atoms with E-state index in [9.17, 15) is 10.0 Å². The highest BCUT2D eigenvalue weighted by molar-refractivity contribution is 14.1. The number of hydrogen-bond donors (Lipinski definition) is 1. The summed E-state index contributed by atoms with van der Waals surface area (Å²) in [5.74, 6) is -0.255. The third-order valence-electron chi connectivity index (χ3n) is 1.89. The molecule has 1 aliphatic rings. The topological polar surface area (TPSA) is 40.5 Å². The predicted molar refractivity (Wildman–Crippen MR) is 52.1 cm³/mol. The van der Waals surface area contributed by atoms with Crippen molar-refractivity contribution >= 4 is 34.2 Å². The third kappa shape index (κ3) is 1.02. The molecule has 0 fully saturated rings. The molecule has 0 bridgehead atoms. The Morgan fingerprint density at radius 2 is 2.25 bits per heavy atom. The number of hydrogen-bond acceptors (Lipinski definition) is 2. The number of anilines is 1. The van der Waals surface area contributed by atoms with Crippen molar-refractivity contribution in [2.24, 2.45) is 0 Å². The summed E-state index contributed by atoms with van der Waals surface area (Å²) in [6.45, 7) is 0. The van der Waals surface area contributed by atoms with Gasteiger partial charge in [0.15, 0.2) is 0 Å². The van der Waals surface area contributed by atoms with Crippen LogP contribution >= 0.6 is 22.6 Å². The molecule has 1 amide bonds. The minimum Gasteiger partial charge on any atom is -0.281 e. The summed E-state index contributed by atoms with van der Waals surface area (Å²) in [7, 11) is 0. The van der Waals surface area contributed by atoms with Crippen molar-refractivity contribution in [1.29, 1.82) is 0 Å². The van der Waals surface area contributed by atoms with Crippen LogP contribution in [0.3, 0.4) is 0 Å². The molecule has 0 saturated heterocycles. The molecule has 62 valence electrons. The van der Waals surface area contributed by atoms with E-state index < -0.39 is 0 Å². The molecule has 12 heavy (non-hydrogen) atoms. The molecule has 1 N–H and O–H groups in total. The van der Waals surface area contributed by atoms with Gasteiger partial charge in [-0.2, -0.15) is 5.06 Å². The standard InChI is InChI=1S/C8H6INO2/c9-6-2-1-3-7-5(6)4-8(11)10(7)12/h1-3,12H,4H2. The van der Waals surface area contributed by atoms with Crippen LogP contribution in [0.2, 0.25) is 0 Å². The van der Waals surface area contributed by atoms with Gasteiger partial charge in [0.1, 0.15) is 0 Å². The molecule has 1 aromatic rings. The number of benzene rings is 1. The maximum atomic E-state index is 11.1. The van der Waals surface area contributed by atoms with E-state index in [1.807, 2.05) is 12.1 Å². The van der Waals surface area contributed by atoms with Crippen molar-refractivity contribution in [2.75, 3.05) is 5.06 Å². The highest BCUT2D eigenvalue weighted by Gasteiger charge is 2.27. The summed E-state index contributed by atoms with van der Waals surface area (Å²) in [6.07, 6.45) is 0.310. The van der Waals surface area contributed by atoms with Crippen LogP contribution in [0, 0.1) is 3.57 Å². The molecule has 3 nitrogen and oxygen atoms in total. The lowest BCUT2D eigenvalue weighted by Crippen LogP contribution is -2.21. The average Bonchev–Trinajstić information content (AvgIpc) is 2.32. The van der Waals surface area contributed by atoms with Gasteiger partial charge in [-0.15, -0.1) is 0 Å². The lowest BCUT2D eigenvalue weighted by atomic mass is 10.2. The van der Waals surface area contributed by atoms with Gasteiger partial charge in [0, 0.05) is 9.13 Å². The van der Waals surface area contributed by atoms with Crippen LogP contribution in [0.25, 0.3) is 0 Å². The number of fused-ring (bicyclic) bond motifs is 1. The fourth-order valence-corrected chi connectivity index (χ4v) is 1.96. The lowest BCUT2D eigenvalue weighted by molar-refractivity contribution is -0.122. The Morgan fingerprint density at radius 1 is 1.50 bits per heavy atom. The first kappa shape index (κ1) is 8.00. The van der Waals surface area contributed by atoms with Crippen molar-refractivity contribution in [2.45, 2.75) is 6.42 Å². The molecular weight excluding hydrogens is 269 g/mol. The Labute approximate surface area is 83.1 Å². The van der Waals surface area contributed by atoms with Gasteiger partial charge in [0.05, 0.1) is 12.1 Å². The molecule has 2 rings (SSSR count). The van der Waals surface area contributed by atoms with Crippen LogP contribution in [0.4, 0.5) is 5.69 Å². The molecule has 0 atom stereocenters. The van der Waals surface area contributed by atoms with E-state index >= 15 is 0 Å². The molecule has 0 aliphatic carbocycles. The van der Waals surface area contributed by atoms with Gasteiger partial charge in [-0.1, -0.05) is 6.07 Å². The van der Waals surface area contributed by atoms with E-state index in [4.69, 9.17) is 0 Å². The van der Waals surface area contributed by atoms with E-state index in [0.717, 1.165) is 14.2 Å². The van der Waals surface area contributed by atoms with Crippen LogP contribution in [0.1, 0.15) is 5.56 Å². The third-order valence-corrected chi connectivity index (χ3v) is 2.90. The van der Waals surface area contributed by atoms with E-state index in [-0.39, 0.29) is 5.91 Å². The number of hydroxylamine groups is 1. The number of nitrogens with zero attached hydrogens (tertiary/aromatic N) is 1. The second kappa shape index (κ2) is 2.70. The van der Waals surface area contributed by atoms with E-state index in [1.165, 1.54) is 0 Å². The SMILES string of the molecule is O=C1Cc2c(I)cccc2N1O. The summed E-state index contributed by atoms with van der Waals surface area (Å²) < 4.78 is 1.02. The van der Waals surface area contributed by atoms with Crippen LogP contribution in [-0.4, -0.2) is 11.1 Å². The summed E-state index contributed by atoms with van der Waals surface area (Å²) >= 11 is 2.16. The highest BCUT2D eigenvalue weighted by atomic mass is 127.